The van der Waals surface area contributed by atoms with Gasteiger partial charge in [-0.05, 0) is 37.0 Å². The summed E-state index contributed by atoms with van der Waals surface area (Å²) in [6.45, 7) is 5.42. The van der Waals surface area contributed by atoms with Crippen molar-refractivity contribution in [3.05, 3.63) is 0 Å². The van der Waals surface area contributed by atoms with Crippen LogP contribution < -0.4 is 5.73 Å². The monoisotopic (exact) mass is 255 g/mol. The first kappa shape index (κ1) is 16.0. The summed E-state index contributed by atoms with van der Waals surface area (Å²) in [5.74, 6) is 2.35. The van der Waals surface area contributed by atoms with Gasteiger partial charge in [0.05, 0.1) is 0 Å². The summed E-state index contributed by atoms with van der Waals surface area (Å²) in [6, 6.07) is 0.382. The van der Waals surface area contributed by atoms with Crippen LogP contribution in [-0.4, -0.2) is 19.8 Å². The molecule has 1 aliphatic rings. The van der Waals surface area contributed by atoms with Gasteiger partial charge in [-0.25, -0.2) is 0 Å². The Labute approximate surface area is 114 Å². The van der Waals surface area contributed by atoms with Crippen molar-refractivity contribution in [2.24, 2.45) is 23.5 Å². The Kier molecular flexibility index (Phi) is 7.92. The second kappa shape index (κ2) is 8.92. The van der Waals surface area contributed by atoms with E-state index in [9.17, 15) is 0 Å². The third-order valence-electron chi connectivity index (χ3n) is 4.84. The molecule has 0 aromatic rings. The van der Waals surface area contributed by atoms with E-state index in [0.717, 1.165) is 24.9 Å². The highest BCUT2D eigenvalue weighted by Gasteiger charge is 2.27. The zero-order chi connectivity index (χ0) is 13.4. The van der Waals surface area contributed by atoms with Crippen LogP contribution in [0.2, 0.25) is 0 Å². The van der Waals surface area contributed by atoms with E-state index in [0.29, 0.717) is 12.0 Å². The van der Waals surface area contributed by atoms with Crippen LogP contribution in [0.5, 0.6) is 0 Å². The molecule has 108 valence electrons. The molecular weight excluding hydrogens is 222 g/mol. The molecule has 2 N–H and O–H groups in total. The summed E-state index contributed by atoms with van der Waals surface area (Å²) >= 11 is 0. The van der Waals surface area contributed by atoms with Crippen molar-refractivity contribution in [3.8, 4) is 0 Å². The maximum atomic E-state index is 6.42. The van der Waals surface area contributed by atoms with Crippen LogP contribution in [0.25, 0.3) is 0 Å². The van der Waals surface area contributed by atoms with E-state index in [1.807, 2.05) is 0 Å². The Morgan fingerprint density at radius 2 is 1.89 bits per heavy atom. The minimum absolute atomic E-state index is 0.382. The van der Waals surface area contributed by atoms with Gasteiger partial charge in [-0.1, -0.05) is 46.0 Å². The third-order valence-corrected chi connectivity index (χ3v) is 4.84. The van der Waals surface area contributed by atoms with Crippen LogP contribution in [0.4, 0.5) is 0 Å². The first-order valence-corrected chi connectivity index (χ1v) is 7.93. The second-order valence-electron chi connectivity index (χ2n) is 6.26. The molecule has 0 bridgehead atoms. The number of rotatable bonds is 8. The molecule has 0 saturated heterocycles. The average molecular weight is 255 g/mol. The fraction of sp³-hybridized carbons (Fsp3) is 1.00. The number of nitrogens with two attached hydrogens (primary N) is 1. The highest BCUT2D eigenvalue weighted by molar-refractivity contribution is 4.82. The largest absolute Gasteiger partial charge is 0.385 e. The topological polar surface area (TPSA) is 35.2 Å². The van der Waals surface area contributed by atoms with Gasteiger partial charge in [-0.3, -0.25) is 0 Å². The Morgan fingerprint density at radius 3 is 2.44 bits per heavy atom. The van der Waals surface area contributed by atoms with Crippen molar-refractivity contribution in [2.45, 2.75) is 71.3 Å². The lowest BCUT2D eigenvalue weighted by molar-refractivity contribution is 0.151. The SMILES string of the molecule is CCCCC1CCC(C(N)C(C)CCOC)CC1. The van der Waals surface area contributed by atoms with Gasteiger partial charge in [-0.2, -0.15) is 0 Å². The number of unbranched alkanes of at least 4 members (excludes halogenated alkanes) is 1. The van der Waals surface area contributed by atoms with Crippen LogP contribution in [0.1, 0.15) is 65.2 Å². The van der Waals surface area contributed by atoms with Crippen LogP contribution >= 0.6 is 0 Å². The number of hydrogen-bond donors (Lipinski definition) is 1. The highest BCUT2D eigenvalue weighted by atomic mass is 16.5. The summed E-state index contributed by atoms with van der Waals surface area (Å²) in [7, 11) is 1.77. The fourth-order valence-electron chi connectivity index (χ4n) is 3.32. The van der Waals surface area contributed by atoms with Gasteiger partial charge >= 0.3 is 0 Å². The normalized spacial score (nSPS) is 28.0. The lowest BCUT2D eigenvalue weighted by Gasteiger charge is -2.35. The van der Waals surface area contributed by atoms with Crippen molar-refractivity contribution in [2.75, 3.05) is 13.7 Å². The van der Waals surface area contributed by atoms with Gasteiger partial charge in [0.1, 0.15) is 0 Å². The zero-order valence-corrected chi connectivity index (χ0v) is 12.7. The molecule has 2 unspecified atom stereocenters. The summed E-state index contributed by atoms with van der Waals surface area (Å²) < 4.78 is 5.16. The lowest BCUT2D eigenvalue weighted by Crippen LogP contribution is -2.38. The molecule has 0 amide bonds. The van der Waals surface area contributed by atoms with Gasteiger partial charge in [0, 0.05) is 19.8 Å². The molecule has 0 aliphatic heterocycles. The molecule has 0 spiro atoms. The van der Waals surface area contributed by atoms with E-state index in [1.165, 1.54) is 44.9 Å². The van der Waals surface area contributed by atoms with E-state index in [-0.39, 0.29) is 0 Å². The molecule has 0 aromatic carbocycles. The smallest absolute Gasteiger partial charge is 0.0465 e. The van der Waals surface area contributed by atoms with Crippen LogP contribution in [-0.2, 0) is 4.74 Å². The van der Waals surface area contributed by atoms with Crippen molar-refractivity contribution >= 4 is 0 Å². The molecule has 0 radical (unpaired) electrons. The molecule has 2 nitrogen and oxygen atoms in total. The number of methoxy groups -OCH3 is 1. The average Bonchev–Trinajstić information content (AvgIpc) is 2.42. The molecule has 2 heteroatoms. The first-order valence-electron chi connectivity index (χ1n) is 7.93. The molecule has 0 aromatic heterocycles. The first-order chi connectivity index (χ1) is 8.69. The minimum Gasteiger partial charge on any atom is -0.385 e. The quantitative estimate of drug-likeness (QED) is 0.712. The lowest BCUT2D eigenvalue weighted by atomic mass is 9.74. The molecule has 18 heavy (non-hydrogen) atoms. The third kappa shape index (κ3) is 5.27. The van der Waals surface area contributed by atoms with Gasteiger partial charge in [0.2, 0.25) is 0 Å². The molecule has 1 fully saturated rings. The predicted octanol–water partition coefficient (Wildman–Crippen LogP) is 3.98. The van der Waals surface area contributed by atoms with Gasteiger partial charge in [0.25, 0.3) is 0 Å². The van der Waals surface area contributed by atoms with Crippen LogP contribution in [0.15, 0.2) is 0 Å². The van der Waals surface area contributed by atoms with Crippen molar-refractivity contribution < 1.29 is 4.74 Å². The summed E-state index contributed by atoms with van der Waals surface area (Å²) in [4.78, 5) is 0. The Hall–Kier alpha value is -0.0800. The number of ether oxygens (including phenoxy) is 1. The molecule has 1 rings (SSSR count). The molecule has 1 aliphatic carbocycles. The summed E-state index contributed by atoms with van der Waals surface area (Å²) in [6.07, 6.45) is 10.8. The van der Waals surface area contributed by atoms with Gasteiger partial charge in [-0.15, -0.1) is 0 Å². The second-order valence-corrected chi connectivity index (χ2v) is 6.26. The van der Waals surface area contributed by atoms with E-state index in [1.54, 1.807) is 7.11 Å². The summed E-state index contributed by atoms with van der Waals surface area (Å²) in [5.41, 5.74) is 6.42. The summed E-state index contributed by atoms with van der Waals surface area (Å²) in [5, 5.41) is 0. The number of hydrogen-bond acceptors (Lipinski definition) is 2. The van der Waals surface area contributed by atoms with Crippen LogP contribution in [0.3, 0.4) is 0 Å². The van der Waals surface area contributed by atoms with E-state index < -0.39 is 0 Å². The van der Waals surface area contributed by atoms with E-state index in [2.05, 4.69) is 13.8 Å². The van der Waals surface area contributed by atoms with Crippen molar-refractivity contribution in [3.63, 3.8) is 0 Å². The molecule has 2 atom stereocenters. The fourth-order valence-corrected chi connectivity index (χ4v) is 3.32. The van der Waals surface area contributed by atoms with E-state index >= 15 is 0 Å². The Bertz CT molecular complexity index is 199. The van der Waals surface area contributed by atoms with Gasteiger partial charge < -0.3 is 10.5 Å². The van der Waals surface area contributed by atoms with Gasteiger partial charge in [0.15, 0.2) is 0 Å². The van der Waals surface area contributed by atoms with Crippen molar-refractivity contribution in [1.82, 2.24) is 0 Å². The minimum atomic E-state index is 0.382. The van der Waals surface area contributed by atoms with E-state index in [4.69, 9.17) is 10.5 Å². The Morgan fingerprint density at radius 1 is 1.22 bits per heavy atom. The predicted molar refractivity (Wildman–Crippen MR) is 78.6 cm³/mol. The zero-order valence-electron chi connectivity index (χ0n) is 12.7. The van der Waals surface area contributed by atoms with Crippen LogP contribution in [0, 0.1) is 17.8 Å². The standard InChI is InChI=1S/C16H33NO/c1-4-5-6-14-7-9-15(10-8-14)16(17)13(2)11-12-18-3/h13-16H,4-12,17H2,1-3H3. The molecular formula is C16H33NO. The maximum absolute atomic E-state index is 6.42. The molecule has 1 saturated carbocycles. The van der Waals surface area contributed by atoms with Crippen molar-refractivity contribution in [1.29, 1.82) is 0 Å². The Balaban J connectivity index is 2.24. The maximum Gasteiger partial charge on any atom is 0.0465 e. The highest BCUT2D eigenvalue weighted by Crippen LogP contribution is 2.35. The molecule has 0 heterocycles.